The van der Waals surface area contributed by atoms with E-state index in [0.29, 0.717) is 5.56 Å². The minimum Gasteiger partial charge on any atom is -0.258 e. The number of hydrogen-bond donors (Lipinski definition) is 0. The van der Waals surface area contributed by atoms with Crippen LogP contribution in [0.25, 0.3) is 0 Å². The van der Waals surface area contributed by atoms with Gasteiger partial charge in [0.15, 0.2) is 0 Å². The number of alkyl halides is 4. The van der Waals surface area contributed by atoms with Crippen molar-refractivity contribution in [1.29, 1.82) is 0 Å². The Labute approximate surface area is 97.5 Å². The molecule has 1 rings (SSSR count). The van der Waals surface area contributed by atoms with Crippen molar-refractivity contribution in [3.8, 4) is 0 Å². The summed E-state index contributed by atoms with van der Waals surface area (Å²) in [6.07, 6.45) is -4.72. The molecule has 3 nitrogen and oxygen atoms in total. The van der Waals surface area contributed by atoms with Crippen LogP contribution in [-0.4, -0.2) is 4.92 Å². The van der Waals surface area contributed by atoms with Gasteiger partial charge in [0.25, 0.3) is 5.69 Å². The lowest BCUT2D eigenvalue weighted by molar-refractivity contribution is -0.388. The second kappa shape index (κ2) is 4.40. The first-order chi connectivity index (χ1) is 7.27. The highest BCUT2D eigenvalue weighted by atomic mass is 79.9. The normalized spacial score (nSPS) is 11.6. The van der Waals surface area contributed by atoms with Crippen LogP contribution in [0.4, 0.5) is 18.9 Å². The van der Waals surface area contributed by atoms with Crippen molar-refractivity contribution in [2.45, 2.75) is 18.4 Å². The lowest BCUT2D eigenvalue weighted by Crippen LogP contribution is -2.10. The van der Waals surface area contributed by atoms with Crippen molar-refractivity contribution >= 4 is 21.6 Å². The van der Waals surface area contributed by atoms with Crippen LogP contribution in [0.15, 0.2) is 12.1 Å². The predicted octanol–water partition coefficient (Wildman–Crippen LogP) is 3.82. The number of nitro benzene ring substituents is 1. The van der Waals surface area contributed by atoms with Gasteiger partial charge in [-0.05, 0) is 24.6 Å². The molecule has 0 aliphatic carbocycles. The molecule has 1 aromatic carbocycles. The molecule has 0 aliphatic heterocycles. The van der Waals surface area contributed by atoms with E-state index in [1.54, 1.807) is 0 Å². The van der Waals surface area contributed by atoms with E-state index in [4.69, 9.17) is 0 Å². The van der Waals surface area contributed by atoms with Gasteiger partial charge >= 0.3 is 6.18 Å². The number of benzene rings is 1. The molecule has 1 aromatic rings. The molecule has 0 atom stereocenters. The van der Waals surface area contributed by atoms with Crippen molar-refractivity contribution in [1.82, 2.24) is 0 Å². The number of hydrogen-bond acceptors (Lipinski definition) is 2. The van der Waals surface area contributed by atoms with E-state index < -0.39 is 22.4 Å². The third kappa shape index (κ3) is 2.52. The molecule has 0 saturated carbocycles. The molecular weight excluding hydrogens is 291 g/mol. The summed E-state index contributed by atoms with van der Waals surface area (Å²) in [6.45, 7) is 1.29. The van der Waals surface area contributed by atoms with Crippen LogP contribution < -0.4 is 0 Å². The van der Waals surface area contributed by atoms with Gasteiger partial charge in [-0.2, -0.15) is 13.2 Å². The molecule has 0 unspecified atom stereocenters. The van der Waals surface area contributed by atoms with Crippen LogP contribution in [-0.2, 0) is 11.5 Å². The van der Waals surface area contributed by atoms with Crippen molar-refractivity contribution in [2.24, 2.45) is 0 Å². The Bertz CT molecular complexity index is 431. The third-order valence-corrected chi connectivity index (χ3v) is 2.65. The van der Waals surface area contributed by atoms with Crippen LogP contribution in [0.5, 0.6) is 0 Å². The average molecular weight is 298 g/mol. The zero-order chi connectivity index (χ0) is 12.5. The third-order valence-electron chi connectivity index (χ3n) is 2.00. The summed E-state index contributed by atoms with van der Waals surface area (Å²) in [5.74, 6) is 0. The Morgan fingerprint density at radius 2 is 2.00 bits per heavy atom. The van der Waals surface area contributed by atoms with Gasteiger partial charge in [-0.1, -0.05) is 15.9 Å². The van der Waals surface area contributed by atoms with Gasteiger partial charge in [0.2, 0.25) is 0 Å². The molecule has 7 heteroatoms. The quantitative estimate of drug-likeness (QED) is 0.473. The minimum atomic E-state index is -4.72. The summed E-state index contributed by atoms with van der Waals surface area (Å²) in [5, 5.41) is 10.8. The first-order valence-corrected chi connectivity index (χ1v) is 5.30. The minimum absolute atomic E-state index is 0.00859. The van der Waals surface area contributed by atoms with Gasteiger partial charge in [0.05, 0.1) is 4.92 Å². The first-order valence-electron chi connectivity index (χ1n) is 4.18. The number of halogens is 4. The Morgan fingerprint density at radius 3 is 2.38 bits per heavy atom. The Morgan fingerprint density at radius 1 is 1.44 bits per heavy atom. The smallest absolute Gasteiger partial charge is 0.258 e. The van der Waals surface area contributed by atoms with E-state index in [1.807, 2.05) is 0 Å². The Hall–Kier alpha value is -1.11. The van der Waals surface area contributed by atoms with E-state index in [9.17, 15) is 23.3 Å². The van der Waals surface area contributed by atoms with Crippen LogP contribution >= 0.6 is 15.9 Å². The van der Waals surface area contributed by atoms with Gasteiger partial charge in [-0.25, -0.2) is 0 Å². The molecule has 0 heterocycles. The monoisotopic (exact) mass is 297 g/mol. The average Bonchev–Trinajstić information content (AvgIpc) is 2.14. The van der Waals surface area contributed by atoms with Crippen molar-refractivity contribution < 1.29 is 18.1 Å². The molecule has 0 saturated heterocycles. The van der Waals surface area contributed by atoms with E-state index in [2.05, 4.69) is 15.9 Å². The second-order valence-electron chi connectivity index (χ2n) is 3.20. The van der Waals surface area contributed by atoms with Crippen LogP contribution in [0.3, 0.4) is 0 Å². The molecular formula is C9H7BrF3NO2. The second-order valence-corrected chi connectivity index (χ2v) is 3.76. The fourth-order valence-electron chi connectivity index (χ4n) is 1.39. The maximum Gasteiger partial charge on any atom is 0.423 e. The number of aryl methyl sites for hydroxylation is 1. The molecule has 0 fully saturated rings. The molecule has 0 spiro atoms. The van der Waals surface area contributed by atoms with Gasteiger partial charge in [0, 0.05) is 10.9 Å². The van der Waals surface area contributed by atoms with Crippen molar-refractivity contribution in [3.63, 3.8) is 0 Å². The zero-order valence-electron chi connectivity index (χ0n) is 8.14. The zero-order valence-corrected chi connectivity index (χ0v) is 9.72. The topological polar surface area (TPSA) is 43.1 Å². The summed E-state index contributed by atoms with van der Waals surface area (Å²) in [5.41, 5.74) is -1.71. The summed E-state index contributed by atoms with van der Waals surface area (Å²) in [4.78, 5) is 9.58. The number of nitrogens with zero attached hydrogens (tertiary/aromatic N) is 1. The van der Waals surface area contributed by atoms with Gasteiger partial charge in [-0.15, -0.1) is 0 Å². The fraction of sp³-hybridized carbons (Fsp3) is 0.333. The lowest BCUT2D eigenvalue weighted by Gasteiger charge is -2.10. The summed E-state index contributed by atoms with van der Waals surface area (Å²) in [6, 6.07) is 2.15. The van der Waals surface area contributed by atoms with Gasteiger partial charge in [0.1, 0.15) is 5.56 Å². The van der Waals surface area contributed by atoms with E-state index in [0.717, 1.165) is 6.07 Å². The Kier molecular flexibility index (Phi) is 3.57. The fourth-order valence-corrected chi connectivity index (χ4v) is 1.71. The van der Waals surface area contributed by atoms with Crippen LogP contribution in [0.1, 0.15) is 16.7 Å². The highest BCUT2D eigenvalue weighted by Crippen LogP contribution is 2.38. The summed E-state index contributed by atoms with van der Waals surface area (Å²) < 4.78 is 37.8. The van der Waals surface area contributed by atoms with Crippen molar-refractivity contribution in [3.05, 3.63) is 38.9 Å². The van der Waals surface area contributed by atoms with Gasteiger partial charge in [-0.3, -0.25) is 10.1 Å². The van der Waals surface area contributed by atoms with Crippen molar-refractivity contribution in [2.75, 3.05) is 0 Å². The maximum atomic E-state index is 12.6. The molecule has 0 bridgehead atoms. The molecule has 16 heavy (non-hydrogen) atoms. The highest BCUT2D eigenvalue weighted by molar-refractivity contribution is 9.08. The maximum absolute atomic E-state index is 12.6. The predicted molar refractivity (Wildman–Crippen MR) is 55.5 cm³/mol. The first kappa shape index (κ1) is 13.0. The molecule has 0 amide bonds. The summed E-state index contributed by atoms with van der Waals surface area (Å²) in [7, 11) is 0. The van der Waals surface area contributed by atoms with E-state index >= 15 is 0 Å². The molecule has 0 N–H and O–H groups in total. The van der Waals surface area contributed by atoms with Gasteiger partial charge < -0.3 is 0 Å². The highest BCUT2D eigenvalue weighted by Gasteiger charge is 2.39. The lowest BCUT2D eigenvalue weighted by atomic mass is 10.0. The largest absolute Gasteiger partial charge is 0.423 e. The molecule has 0 aliphatic rings. The number of nitro groups is 1. The Balaban J connectivity index is 3.53. The number of rotatable bonds is 2. The standard InChI is InChI=1S/C9H7BrF3NO2/c1-5-2-6(4-10)3-7(9(11,12)13)8(5)14(15)16/h2-3H,4H2,1H3. The van der Waals surface area contributed by atoms with Crippen LogP contribution in [0, 0.1) is 17.0 Å². The summed E-state index contributed by atoms with van der Waals surface area (Å²) >= 11 is 3.02. The molecule has 0 radical (unpaired) electrons. The van der Waals surface area contributed by atoms with E-state index in [1.165, 1.54) is 13.0 Å². The van der Waals surface area contributed by atoms with E-state index in [-0.39, 0.29) is 10.9 Å². The molecule has 0 aromatic heterocycles. The SMILES string of the molecule is Cc1cc(CBr)cc(C(F)(F)F)c1[N+](=O)[O-]. The molecule has 88 valence electrons. The van der Waals surface area contributed by atoms with Crippen LogP contribution in [0.2, 0.25) is 0 Å².